The molecule has 45 heavy (non-hydrogen) atoms. The van der Waals surface area contributed by atoms with Gasteiger partial charge < -0.3 is 13.7 Å². The molecule has 0 saturated heterocycles. The predicted octanol–water partition coefficient (Wildman–Crippen LogP) is 11.0. The van der Waals surface area contributed by atoms with E-state index in [0.717, 1.165) is 11.4 Å². The standard InChI is InChI=1S/C42H27N3/c1-2-10-28(11-3-1)43-27-26-35-31-22-23-37-34-14-6-9-17-41(34)45(42(37)36(31)24-25-38(35)43)30-20-18-29(19-21-30)44-39-15-7-4-12-32(39)33-13-5-8-16-40(33)44/h1-27H. The smallest absolute Gasteiger partial charge is 0.0619 e. The van der Waals surface area contributed by atoms with Crippen molar-refractivity contribution in [3.05, 3.63) is 164 Å². The highest BCUT2D eigenvalue weighted by atomic mass is 15.0. The molecule has 0 atom stereocenters. The van der Waals surface area contributed by atoms with Crippen molar-refractivity contribution in [3.63, 3.8) is 0 Å². The van der Waals surface area contributed by atoms with Crippen LogP contribution in [0.25, 0.3) is 82.3 Å². The Morgan fingerprint density at radius 3 is 1.40 bits per heavy atom. The van der Waals surface area contributed by atoms with Gasteiger partial charge in [-0.25, -0.2) is 0 Å². The predicted molar refractivity (Wildman–Crippen MR) is 189 cm³/mol. The van der Waals surface area contributed by atoms with E-state index in [-0.39, 0.29) is 0 Å². The first-order valence-corrected chi connectivity index (χ1v) is 15.5. The maximum Gasteiger partial charge on any atom is 0.0619 e. The van der Waals surface area contributed by atoms with Gasteiger partial charge in [0.2, 0.25) is 0 Å². The fourth-order valence-electron chi connectivity index (χ4n) is 7.52. The van der Waals surface area contributed by atoms with Crippen LogP contribution in [0.2, 0.25) is 0 Å². The lowest BCUT2D eigenvalue weighted by Gasteiger charge is -2.13. The molecule has 3 heterocycles. The van der Waals surface area contributed by atoms with Gasteiger partial charge in [0.1, 0.15) is 0 Å². The second-order valence-corrected chi connectivity index (χ2v) is 11.8. The fourth-order valence-corrected chi connectivity index (χ4v) is 7.52. The van der Waals surface area contributed by atoms with E-state index < -0.39 is 0 Å². The van der Waals surface area contributed by atoms with Crippen molar-refractivity contribution in [3.8, 4) is 17.1 Å². The average Bonchev–Trinajstić information content (AvgIpc) is 3.79. The molecule has 3 heteroatoms. The summed E-state index contributed by atoms with van der Waals surface area (Å²) in [7, 11) is 0. The lowest BCUT2D eigenvalue weighted by molar-refractivity contribution is 1.13. The second kappa shape index (κ2) is 9.22. The summed E-state index contributed by atoms with van der Waals surface area (Å²) in [5.41, 5.74) is 9.60. The van der Waals surface area contributed by atoms with Crippen molar-refractivity contribution in [1.82, 2.24) is 13.7 Å². The highest BCUT2D eigenvalue weighted by molar-refractivity contribution is 6.23. The molecule has 7 aromatic carbocycles. The number of hydrogen-bond donors (Lipinski definition) is 0. The van der Waals surface area contributed by atoms with Gasteiger partial charge in [0.15, 0.2) is 0 Å². The third-order valence-electron chi connectivity index (χ3n) is 9.48. The van der Waals surface area contributed by atoms with Crippen molar-refractivity contribution in [1.29, 1.82) is 0 Å². The van der Waals surface area contributed by atoms with Crippen LogP contribution < -0.4 is 0 Å². The Labute approximate surface area is 259 Å². The van der Waals surface area contributed by atoms with E-state index >= 15 is 0 Å². The quantitative estimate of drug-likeness (QED) is 0.200. The van der Waals surface area contributed by atoms with Crippen LogP contribution in [0.1, 0.15) is 0 Å². The largest absolute Gasteiger partial charge is 0.317 e. The molecule has 0 spiro atoms. The summed E-state index contributed by atoms with van der Waals surface area (Å²) in [5, 5.41) is 8.87. The number of fused-ring (bicyclic) bond motifs is 10. The number of benzene rings is 7. The summed E-state index contributed by atoms with van der Waals surface area (Å²) in [6.07, 6.45) is 2.19. The molecule has 0 aliphatic heterocycles. The van der Waals surface area contributed by atoms with Gasteiger partial charge in [-0.05, 0) is 72.1 Å². The zero-order chi connectivity index (χ0) is 29.5. The number of aromatic nitrogens is 3. The van der Waals surface area contributed by atoms with Crippen molar-refractivity contribution in [2.24, 2.45) is 0 Å². The molecule has 0 saturated carbocycles. The molecule has 0 N–H and O–H groups in total. The Morgan fingerprint density at radius 1 is 0.267 bits per heavy atom. The van der Waals surface area contributed by atoms with Crippen LogP contribution in [-0.4, -0.2) is 13.7 Å². The molecule has 0 bridgehead atoms. The average molecular weight is 574 g/mol. The minimum absolute atomic E-state index is 1.15. The molecule has 0 aliphatic rings. The monoisotopic (exact) mass is 573 g/mol. The van der Waals surface area contributed by atoms with Gasteiger partial charge in [-0.15, -0.1) is 0 Å². The van der Waals surface area contributed by atoms with Crippen molar-refractivity contribution in [2.45, 2.75) is 0 Å². The molecular formula is C42H27N3. The van der Waals surface area contributed by atoms with Gasteiger partial charge in [0, 0.05) is 55.6 Å². The van der Waals surface area contributed by atoms with Crippen LogP contribution in [0, 0.1) is 0 Å². The van der Waals surface area contributed by atoms with Crippen LogP contribution in [0.4, 0.5) is 0 Å². The molecule has 0 fully saturated rings. The maximum atomic E-state index is 2.45. The van der Waals surface area contributed by atoms with Gasteiger partial charge in [-0.2, -0.15) is 0 Å². The van der Waals surface area contributed by atoms with Crippen LogP contribution in [0.15, 0.2) is 164 Å². The number of rotatable bonds is 3. The summed E-state index contributed by atoms with van der Waals surface area (Å²) < 4.78 is 7.11. The number of para-hydroxylation sites is 4. The highest BCUT2D eigenvalue weighted by Crippen LogP contribution is 2.40. The lowest BCUT2D eigenvalue weighted by Crippen LogP contribution is -1.97. The van der Waals surface area contributed by atoms with Gasteiger partial charge in [-0.3, -0.25) is 0 Å². The van der Waals surface area contributed by atoms with E-state index in [0.29, 0.717) is 0 Å². The molecule has 3 aromatic heterocycles. The van der Waals surface area contributed by atoms with E-state index in [2.05, 4.69) is 178 Å². The Hall–Kier alpha value is -6.06. The molecule has 0 unspecified atom stereocenters. The van der Waals surface area contributed by atoms with Crippen LogP contribution >= 0.6 is 0 Å². The minimum Gasteiger partial charge on any atom is -0.317 e. The Bertz CT molecular complexity index is 2690. The van der Waals surface area contributed by atoms with Crippen molar-refractivity contribution in [2.75, 3.05) is 0 Å². The van der Waals surface area contributed by atoms with E-state index in [1.807, 2.05) is 0 Å². The van der Waals surface area contributed by atoms with E-state index in [4.69, 9.17) is 0 Å². The van der Waals surface area contributed by atoms with Gasteiger partial charge in [0.25, 0.3) is 0 Å². The van der Waals surface area contributed by atoms with Gasteiger partial charge in [0.05, 0.1) is 27.6 Å². The fraction of sp³-hybridized carbons (Fsp3) is 0. The van der Waals surface area contributed by atoms with Crippen LogP contribution in [0.5, 0.6) is 0 Å². The summed E-state index contributed by atoms with van der Waals surface area (Å²) in [5.74, 6) is 0. The van der Waals surface area contributed by atoms with Crippen molar-refractivity contribution >= 4 is 65.3 Å². The maximum absolute atomic E-state index is 2.45. The SMILES string of the molecule is c1ccc(-n2ccc3c4ccc5c6ccccc6n(-c6ccc(-n7c8ccccc8c8ccccc87)cc6)c5c4ccc32)cc1. The first-order valence-electron chi connectivity index (χ1n) is 15.5. The Balaban J connectivity index is 1.21. The summed E-state index contributed by atoms with van der Waals surface area (Å²) in [4.78, 5) is 0. The molecule has 0 aliphatic carbocycles. The van der Waals surface area contributed by atoms with Crippen LogP contribution in [0.3, 0.4) is 0 Å². The summed E-state index contributed by atoms with van der Waals surface area (Å²) >= 11 is 0. The van der Waals surface area contributed by atoms with Gasteiger partial charge in [-0.1, -0.05) is 91.0 Å². The molecule has 3 nitrogen and oxygen atoms in total. The zero-order valence-electron chi connectivity index (χ0n) is 24.4. The van der Waals surface area contributed by atoms with Gasteiger partial charge >= 0.3 is 0 Å². The molecule has 0 amide bonds. The van der Waals surface area contributed by atoms with E-state index in [1.54, 1.807) is 0 Å². The topological polar surface area (TPSA) is 14.8 Å². The summed E-state index contributed by atoms with van der Waals surface area (Å²) in [6, 6.07) is 57.2. The molecule has 10 aromatic rings. The molecule has 210 valence electrons. The highest BCUT2D eigenvalue weighted by Gasteiger charge is 2.18. The normalized spacial score (nSPS) is 12.0. The molecule has 10 rings (SSSR count). The number of hydrogen-bond acceptors (Lipinski definition) is 0. The molecule has 0 radical (unpaired) electrons. The first kappa shape index (κ1) is 24.4. The first-order chi connectivity index (χ1) is 22.3. The third kappa shape index (κ3) is 3.41. The Kier molecular flexibility index (Phi) is 5.00. The summed E-state index contributed by atoms with van der Waals surface area (Å²) in [6.45, 7) is 0. The number of nitrogens with zero attached hydrogens (tertiary/aromatic N) is 3. The zero-order valence-corrected chi connectivity index (χ0v) is 24.4. The van der Waals surface area contributed by atoms with E-state index in [9.17, 15) is 0 Å². The Morgan fingerprint density at radius 2 is 0.733 bits per heavy atom. The second-order valence-electron chi connectivity index (χ2n) is 11.8. The third-order valence-corrected chi connectivity index (χ3v) is 9.48. The van der Waals surface area contributed by atoms with E-state index in [1.165, 1.54) is 71.0 Å². The van der Waals surface area contributed by atoms with Crippen LogP contribution in [-0.2, 0) is 0 Å². The lowest BCUT2D eigenvalue weighted by atomic mass is 10.0. The minimum atomic E-state index is 1.15. The van der Waals surface area contributed by atoms with Crippen molar-refractivity contribution < 1.29 is 0 Å². The molecular weight excluding hydrogens is 546 g/mol.